The molecule has 0 spiro atoms. The van der Waals surface area contributed by atoms with E-state index in [4.69, 9.17) is 10.2 Å². The molecule has 0 heterocycles. The third-order valence-corrected chi connectivity index (χ3v) is 2.36. The van der Waals surface area contributed by atoms with Crippen molar-refractivity contribution in [2.24, 2.45) is 0 Å². The van der Waals surface area contributed by atoms with Crippen LogP contribution in [0.5, 0.6) is 0 Å². The van der Waals surface area contributed by atoms with Gasteiger partial charge in [0.05, 0.1) is 18.4 Å². The highest BCUT2D eigenvalue weighted by atomic mass is 79.9. The molecule has 0 aliphatic rings. The van der Waals surface area contributed by atoms with E-state index in [1.54, 1.807) is 6.07 Å². The molecule has 1 rings (SSSR count). The number of aliphatic hydroxyl groups is 2. The standard InChI is InChI=1S/C9H11BrFNO2/c10-8-2-1-6(11)3-9(8)12-4-7(14)5-13/h1-3,7,12-14H,4-5H2/t7-/m0/s1. The van der Waals surface area contributed by atoms with E-state index in [-0.39, 0.29) is 19.0 Å². The minimum Gasteiger partial charge on any atom is -0.394 e. The number of nitrogens with one attached hydrogen (secondary N) is 1. The molecule has 5 heteroatoms. The zero-order valence-corrected chi connectivity index (χ0v) is 8.96. The Morgan fingerprint density at radius 2 is 2.21 bits per heavy atom. The summed E-state index contributed by atoms with van der Waals surface area (Å²) in [5, 5.41) is 20.4. The molecule has 0 amide bonds. The van der Waals surface area contributed by atoms with Crippen LogP contribution >= 0.6 is 15.9 Å². The Balaban J connectivity index is 2.62. The summed E-state index contributed by atoms with van der Waals surface area (Å²) in [6.45, 7) is -0.140. The summed E-state index contributed by atoms with van der Waals surface area (Å²) in [5.74, 6) is -0.353. The van der Waals surface area contributed by atoms with E-state index in [0.29, 0.717) is 10.2 Å². The molecule has 0 aliphatic carbocycles. The van der Waals surface area contributed by atoms with Crippen LogP contribution in [-0.2, 0) is 0 Å². The quantitative estimate of drug-likeness (QED) is 0.769. The number of hydrogen-bond donors (Lipinski definition) is 3. The maximum atomic E-state index is 12.8. The van der Waals surface area contributed by atoms with Gasteiger partial charge in [0.2, 0.25) is 0 Å². The van der Waals surface area contributed by atoms with Crippen molar-refractivity contribution in [1.82, 2.24) is 0 Å². The Bertz CT molecular complexity index is 309. The molecule has 1 aromatic carbocycles. The molecule has 3 nitrogen and oxygen atoms in total. The molecule has 1 atom stereocenters. The van der Waals surface area contributed by atoms with Crippen molar-refractivity contribution in [2.75, 3.05) is 18.5 Å². The number of benzene rings is 1. The van der Waals surface area contributed by atoms with Crippen molar-refractivity contribution in [3.63, 3.8) is 0 Å². The summed E-state index contributed by atoms with van der Waals surface area (Å²) in [4.78, 5) is 0. The van der Waals surface area contributed by atoms with Gasteiger partial charge in [0.1, 0.15) is 5.82 Å². The minimum atomic E-state index is -0.842. The van der Waals surface area contributed by atoms with E-state index < -0.39 is 6.10 Å². The zero-order valence-electron chi connectivity index (χ0n) is 7.37. The third-order valence-electron chi connectivity index (χ3n) is 1.67. The summed E-state index contributed by atoms with van der Waals surface area (Å²) < 4.78 is 13.5. The summed E-state index contributed by atoms with van der Waals surface area (Å²) in [6, 6.07) is 4.22. The maximum absolute atomic E-state index is 12.8. The van der Waals surface area contributed by atoms with Crippen molar-refractivity contribution >= 4 is 21.6 Å². The molecule has 0 unspecified atom stereocenters. The normalized spacial score (nSPS) is 12.6. The van der Waals surface area contributed by atoms with Gasteiger partial charge in [0.15, 0.2) is 0 Å². The Labute approximate surface area is 89.7 Å². The molecule has 78 valence electrons. The molecule has 3 N–H and O–H groups in total. The second-order valence-electron chi connectivity index (χ2n) is 2.84. The van der Waals surface area contributed by atoms with E-state index in [9.17, 15) is 4.39 Å². The van der Waals surface area contributed by atoms with Crippen LogP contribution in [0.3, 0.4) is 0 Å². The van der Waals surface area contributed by atoms with Gasteiger partial charge in [0, 0.05) is 11.0 Å². The van der Waals surface area contributed by atoms with E-state index in [2.05, 4.69) is 21.2 Å². The third kappa shape index (κ3) is 3.25. The van der Waals surface area contributed by atoms with Crippen LogP contribution < -0.4 is 5.32 Å². The van der Waals surface area contributed by atoms with Crippen LogP contribution in [0.4, 0.5) is 10.1 Å². The van der Waals surface area contributed by atoms with Gasteiger partial charge in [-0.15, -0.1) is 0 Å². The first kappa shape index (κ1) is 11.4. The van der Waals surface area contributed by atoms with Crippen molar-refractivity contribution < 1.29 is 14.6 Å². The van der Waals surface area contributed by atoms with Crippen LogP contribution in [0.25, 0.3) is 0 Å². The minimum absolute atomic E-state index is 0.179. The summed E-state index contributed by atoms with van der Waals surface area (Å²) in [5.41, 5.74) is 0.553. The largest absolute Gasteiger partial charge is 0.394 e. The first-order valence-corrected chi connectivity index (χ1v) is 4.90. The number of hydrogen-bond acceptors (Lipinski definition) is 3. The fourth-order valence-electron chi connectivity index (χ4n) is 0.925. The van der Waals surface area contributed by atoms with Gasteiger partial charge in [-0.2, -0.15) is 0 Å². The van der Waals surface area contributed by atoms with E-state index in [1.165, 1.54) is 12.1 Å². The molecule has 0 saturated carbocycles. The van der Waals surface area contributed by atoms with Gasteiger partial charge in [0.25, 0.3) is 0 Å². The highest BCUT2D eigenvalue weighted by Crippen LogP contribution is 2.22. The summed E-state index contributed by atoms with van der Waals surface area (Å²) >= 11 is 3.23. The van der Waals surface area contributed by atoms with Crippen molar-refractivity contribution in [3.8, 4) is 0 Å². The van der Waals surface area contributed by atoms with Gasteiger partial charge >= 0.3 is 0 Å². The fourth-order valence-corrected chi connectivity index (χ4v) is 1.31. The lowest BCUT2D eigenvalue weighted by molar-refractivity contribution is 0.105. The monoisotopic (exact) mass is 263 g/mol. The predicted molar refractivity (Wildman–Crippen MR) is 55.7 cm³/mol. The number of rotatable bonds is 4. The predicted octanol–water partition coefficient (Wildman–Crippen LogP) is 1.35. The van der Waals surface area contributed by atoms with Crippen LogP contribution in [0, 0.1) is 5.82 Å². The Kier molecular flexibility index (Phi) is 4.31. The highest BCUT2D eigenvalue weighted by molar-refractivity contribution is 9.10. The van der Waals surface area contributed by atoms with Crippen LogP contribution in [0.1, 0.15) is 0 Å². The lowest BCUT2D eigenvalue weighted by Gasteiger charge is -2.11. The molecular weight excluding hydrogens is 253 g/mol. The van der Waals surface area contributed by atoms with Crippen LogP contribution in [0.15, 0.2) is 22.7 Å². The average molecular weight is 264 g/mol. The Hall–Kier alpha value is -0.650. The molecule has 0 saturated heterocycles. The molecule has 0 aliphatic heterocycles. The molecule has 0 fully saturated rings. The second kappa shape index (κ2) is 5.29. The van der Waals surface area contributed by atoms with Crippen molar-refractivity contribution in [3.05, 3.63) is 28.5 Å². The lowest BCUT2D eigenvalue weighted by Crippen LogP contribution is -2.23. The topological polar surface area (TPSA) is 52.5 Å². The molecular formula is C9H11BrFNO2. The van der Waals surface area contributed by atoms with Crippen LogP contribution in [0.2, 0.25) is 0 Å². The first-order valence-electron chi connectivity index (χ1n) is 4.11. The SMILES string of the molecule is OC[C@@H](O)CNc1cc(F)ccc1Br. The molecule has 0 aromatic heterocycles. The number of anilines is 1. The van der Waals surface area contributed by atoms with Gasteiger partial charge < -0.3 is 15.5 Å². The smallest absolute Gasteiger partial charge is 0.125 e. The highest BCUT2D eigenvalue weighted by Gasteiger charge is 2.04. The average Bonchev–Trinajstić information content (AvgIpc) is 2.19. The molecule has 0 bridgehead atoms. The van der Waals surface area contributed by atoms with Gasteiger partial charge in [-0.3, -0.25) is 0 Å². The number of halogens is 2. The molecule has 0 radical (unpaired) electrons. The van der Waals surface area contributed by atoms with Crippen molar-refractivity contribution in [2.45, 2.75) is 6.10 Å². The van der Waals surface area contributed by atoms with Gasteiger partial charge in [-0.05, 0) is 34.1 Å². The summed E-state index contributed by atoms with van der Waals surface area (Å²) in [6.07, 6.45) is -0.842. The van der Waals surface area contributed by atoms with E-state index >= 15 is 0 Å². The maximum Gasteiger partial charge on any atom is 0.125 e. The van der Waals surface area contributed by atoms with E-state index in [1.807, 2.05) is 0 Å². The second-order valence-corrected chi connectivity index (χ2v) is 3.70. The zero-order chi connectivity index (χ0) is 10.6. The van der Waals surface area contributed by atoms with Crippen LogP contribution in [-0.4, -0.2) is 29.5 Å². The Morgan fingerprint density at radius 1 is 1.50 bits per heavy atom. The molecule has 14 heavy (non-hydrogen) atoms. The van der Waals surface area contributed by atoms with Crippen molar-refractivity contribution in [1.29, 1.82) is 0 Å². The van der Waals surface area contributed by atoms with Gasteiger partial charge in [-0.25, -0.2) is 4.39 Å². The molecule has 1 aromatic rings. The number of aliphatic hydroxyl groups excluding tert-OH is 2. The summed E-state index contributed by atoms with van der Waals surface area (Å²) in [7, 11) is 0. The lowest BCUT2D eigenvalue weighted by atomic mass is 10.3. The Morgan fingerprint density at radius 3 is 2.86 bits per heavy atom. The van der Waals surface area contributed by atoms with Gasteiger partial charge in [-0.1, -0.05) is 0 Å². The van der Waals surface area contributed by atoms with E-state index in [0.717, 1.165) is 0 Å². The fraction of sp³-hybridized carbons (Fsp3) is 0.333. The first-order chi connectivity index (χ1) is 6.63.